The second-order valence-electron chi connectivity index (χ2n) is 3.44. The van der Waals surface area contributed by atoms with Gasteiger partial charge in [-0.1, -0.05) is 19.9 Å². The molecule has 0 aliphatic rings. The Balaban J connectivity index is 4.14. The van der Waals surface area contributed by atoms with Crippen LogP contribution in [0.5, 0.6) is 0 Å². The Morgan fingerprint density at radius 3 is 2.42 bits per heavy atom. The van der Waals surface area contributed by atoms with Gasteiger partial charge in [-0.25, -0.2) is 0 Å². The molecule has 0 aromatic carbocycles. The van der Waals surface area contributed by atoms with Crippen molar-refractivity contribution >= 4 is 6.29 Å². The zero-order valence-corrected chi connectivity index (χ0v) is 8.33. The lowest BCUT2D eigenvalue weighted by Crippen LogP contribution is -2.32. The van der Waals surface area contributed by atoms with Crippen molar-refractivity contribution in [1.82, 2.24) is 0 Å². The molecule has 0 radical (unpaired) electrons. The molecule has 2 nitrogen and oxygen atoms in total. The predicted octanol–water partition coefficient (Wildman–Crippen LogP) is 2.19. The van der Waals surface area contributed by atoms with Crippen molar-refractivity contribution in [3.63, 3.8) is 0 Å². The molecule has 0 saturated heterocycles. The van der Waals surface area contributed by atoms with Gasteiger partial charge in [0, 0.05) is 7.11 Å². The summed E-state index contributed by atoms with van der Waals surface area (Å²) in [7, 11) is 1.70. The van der Waals surface area contributed by atoms with Crippen molar-refractivity contribution in [2.75, 3.05) is 7.11 Å². The fourth-order valence-corrected chi connectivity index (χ4v) is 0.912. The summed E-state index contributed by atoms with van der Waals surface area (Å²) in [4.78, 5) is 10.0. The first-order chi connectivity index (χ1) is 5.56. The van der Waals surface area contributed by atoms with Crippen molar-refractivity contribution in [3.05, 3.63) is 12.2 Å². The van der Waals surface area contributed by atoms with E-state index in [-0.39, 0.29) is 5.60 Å². The fraction of sp³-hybridized carbons (Fsp3) is 0.700. The van der Waals surface area contributed by atoms with Crippen LogP contribution in [0.25, 0.3) is 0 Å². The molecule has 70 valence electrons. The Labute approximate surface area is 74.6 Å². The molecule has 0 aliphatic carbocycles. The van der Waals surface area contributed by atoms with Crippen LogP contribution >= 0.6 is 0 Å². The molecular formula is C10H18O2. The lowest BCUT2D eigenvalue weighted by molar-refractivity contribution is -0.104. The topological polar surface area (TPSA) is 26.3 Å². The smallest absolute Gasteiger partial charge is 0.142 e. The van der Waals surface area contributed by atoms with E-state index in [0.29, 0.717) is 5.92 Å². The van der Waals surface area contributed by atoms with E-state index in [2.05, 4.69) is 13.8 Å². The van der Waals surface area contributed by atoms with Gasteiger partial charge in [-0.2, -0.15) is 0 Å². The van der Waals surface area contributed by atoms with Gasteiger partial charge in [0.1, 0.15) is 6.29 Å². The SMILES string of the molecule is COC(C)(C/C=C/C=O)C(C)C. The van der Waals surface area contributed by atoms with E-state index < -0.39 is 0 Å². The van der Waals surface area contributed by atoms with Crippen LogP contribution in [0.2, 0.25) is 0 Å². The molecule has 1 atom stereocenters. The van der Waals surface area contributed by atoms with Crippen LogP contribution in [-0.2, 0) is 9.53 Å². The van der Waals surface area contributed by atoms with Crippen molar-refractivity contribution in [2.24, 2.45) is 5.92 Å². The Bertz CT molecular complexity index is 161. The third-order valence-electron chi connectivity index (χ3n) is 2.43. The first kappa shape index (κ1) is 11.4. The number of hydrogen-bond donors (Lipinski definition) is 0. The number of methoxy groups -OCH3 is 1. The average Bonchev–Trinajstić information content (AvgIpc) is 2.04. The van der Waals surface area contributed by atoms with E-state index in [4.69, 9.17) is 4.74 Å². The normalized spacial score (nSPS) is 16.8. The molecule has 0 saturated carbocycles. The van der Waals surface area contributed by atoms with Gasteiger partial charge in [0.05, 0.1) is 5.60 Å². The summed E-state index contributed by atoms with van der Waals surface area (Å²) in [6.45, 7) is 6.27. The van der Waals surface area contributed by atoms with Gasteiger partial charge in [0.15, 0.2) is 0 Å². The highest BCUT2D eigenvalue weighted by Crippen LogP contribution is 2.24. The number of carbonyl (C=O) groups excluding carboxylic acids is 1. The third kappa shape index (κ3) is 3.18. The third-order valence-corrected chi connectivity index (χ3v) is 2.43. The lowest BCUT2D eigenvalue weighted by atomic mass is 9.89. The monoisotopic (exact) mass is 170 g/mol. The largest absolute Gasteiger partial charge is 0.378 e. The van der Waals surface area contributed by atoms with Crippen LogP contribution in [0.15, 0.2) is 12.2 Å². The number of hydrogen-bond acceptors (Lipinski definition) is 2. The summed E-state index contributed by atoms with van der Waals surface area (Å²) < 4.78 is 5.38. The van der Waals surface area contributed by atoms with E-state index in [0.717, 1.165) is 12.7 Å². The molecular weight excluding hydrogens is 152 g/mol. The van der Waals surface area contributed by atoms with Gasteiger partial charge in [0.2, 0.25) is 0 Å². The predicted molar refractivity (Wildman–Crippen MR) is 50.1 cm³/mol. The molecule has 0 aliphatic heterocycles. The molecule has 0 N–H and O–H groups in total. The summed E-state index contributed by atoms with van der Waals surface area (Å²) >= 11 is 0. The van der Waals surface area contributed by atoms with Crippen molar-refractivity contribution in [1.29, 1.82) is 0 Å². The molecule has 0 fully saturated rings. The molecule has 0 spiro atoms. The van der Waals surface area contributed by atoms with Crippen LogP contribution in [0, 0.1) is 5.92 Å². The van der Waals surface area contributed by atoms with E-state index in [9.17, 15) is 4.79 Å². The molecule has 2 heteroatoms. The molecule has 0 bridgehead atoms. The van der Waals surface area contributed by atoms with Gasteiger partial charge in [-0.05, 0) is 25.3 Å². The maximum absolute atomic E-state index is 10.0. The maximum atomic E-state index is 10.0. The van der Waals surface area contributed by atoms with Crippen LogP contribution in [0.4, 0.5) is 0 Å². The van der Waals surface area contributed by atoms with Gasteiger partial charge in [-0.3, -0.25) is 4.79 Å². The van der Waals surface area contributed by atoms with Crippen LogP contribution in [0.3, 0.4) is 0 Å². The molecule has 0 aromatic heterocycles. The number of allylic oxidation sites excluding steroid dienone is 1. The Morgan fingerprint density at radius 2 is 2.08 bits per heavy atom. The highest BCUT2D eigenvalue weighted by Gasteiger charge is 2.25. The van der Waals surface area contributed by atoms with Crippen LogP contribution in [0.1, 0.15) is 27.2 Å². The molecule has 1 unspecified atom stereocenters. The molecule has 0 rings (SSSR count). The summed E-state index contributed by atoms with van der Waals surface area (Å²) in [5, 5.41) is 0. The second kappa shape index (κ2) is 5.09. The Kier molecular flexibility index (Phi) is 4.83. The van der Waals surface area contributed by atoms with Gasteiger partial charge in [0.25, 0.3) is 0 Å². The van der Waals surface area contributed by atoms with Crippen molar-refractivity contribution in [2.45, 2.75) is 32.8 Å². The zero-order valence-electron chi connectivity index (χ0n) is 8.33. The minimum atomic E-state index is -0.153. The standard InChI is InChI=1S/C10H18O2/c1-9(2)10(3,12-4)7-5-6-8-11/h5-6,8-9H,7H2,1-4H3/b6-5+. The molecule has 0 aromatic rings. The zero-order chi connectivity index (χ0) is 9.61. The lowest BCUT2D eigenvalue weighted by Gasteiger charge is -2.31. The first-order valence-electron chi connectivity index (χ1n) is 4.22. The Morgan fingerprint density at radius 1 is 1.50 bits per heavy atom. The average molecular weight is 170 g/mol. The number of carbonyl (C=O) groups is 1. The van der Waals surface area contributed by atoms with E-state index in [1.54, 1.807) is 7.11 Å². The van der Waals surface area contributed by atoms with Gasteiger partial charge in [-0.15, -0.1) is 0 Å². The second-order valence-corrected chi connectivity index (χ2v) is 3.44. The quantitative estimate of drug-likeness (QED) is 0.467. The summed E-state index contributed by atoms with van der Waals surface area (Å²) in [6, 6.07) is 0. The summed E-state index contributed by atoms with van der Waals surface area (Å²) in [6.07, 6.45) is 4.92. The van der Waals surface area contributed by atoms with E-state index in [1.165, 1.54) is 6.08 Å². The Hall–Kier alpha value is -0.630. The van der Waals surface area contributed by atoms with E-state index >= 15 is 0 Å². The first-order valence-corrected chi connectivity index (χ1v) is 4.22. The maximum Gasteiger partial charge on any atom is 0.142 e. The van der Waals surface area contributed by atoms with Crippen molar-refractivity contribution in [3.8, 4) is 0 Å². The summed E-state index contributed by atoms with van der Waals surface area (Å²) in [5.41, 5.74) is -0.153. The van der Waals surface area contributed by atoms with Crippen molar-refractivity contribution < 1.29 is 9.53 Å². The van der Waals surface area contributed by atoms with Gasteiger partial charge >= 0.3 is 0 Å². The molecule has 12 heavy (non-hydrogen) atoms. The molecule has 0 amide bonds. The minimum Gasteiger partial charge on any atom is -0.378 e. The minimum absolute atomic E-state index is 0.153. The number of aldehydes is 1. The van der Waals surface area contributed by atoms with E-state index in [1.807, 2.05) is 13.0 Å². The fourth-order valence-electron chi connectivity index (χ4n) is 0.912. The molecule has 0 heterocycles. The van der Waals surface area contributed by atoms with Gasteiger partial charge < -0.3 is 4.74 Å². The number of rotatable bonds is 5. The van der Waals surface area contributed by atoms with Crippen LogP contribution in [-0.4, -0.2) is 19.0 Å². The number of ether oxygens (including phenoxy) is 1. The van der Waals surface area contributed by atoms with Crippen LogP contribution < -0.4 is 0 Å². The summed E-state index contributed by atoms with van der Waals surface area (Å²) in [5.74, 6) is 0.443. The highest BCUT2D eigenvalue weighted by atomic mass is 16.5. The highest BCUT2D eigenvalue weighted by molar-refractivity contribution is 5.64.